The van der Waals surface area contributed by atoms with Crippen LogP contribution < -0.4 is 31.2 Å². The Morgan fingerprint density at radius 2 is 1.52 bits per heavy atom. The van der Waals surface area contributed by atoms with Crippen LogP contribution in [0.3, 0.4) is 0 Å². The molecule has 4 rings (SSSR count). The molecule has 2 heterocycles. The standard InChI is InChI=1S/C29H37N5O4.2C2HF3O2/c1-4-19-18(16-33-29(36)23-11-7-8-13-31-23)10-9-12-22(19)34-27-20-14-25(37-5-2)26(38-6-3)15-24(20)32-17-21(27)28(30)35;2*3-2(4,5)1(6)7/h9-10,12,14-15,17,23,31H,4-8,11,13,16H2,1-3H3,(H2,30,35)(H,32,34)(H,33,36);2*(H,6,7)/t23-;;/m1../s1. The Labute approximate surface area is 293 Å². The number of hydrogen-bond acceptors (Lipinski definition) is 9. The molecular weight excluding hydrogens is 708 g/mol. The summed E-state index contributed by atoms with van der Waals surface area (Å²) >= 11 is 0. The third-order valence-corrected chi connectivity index (χ3v) is 7.25. The van der Waals surface area contributed by atoms with Crippen LogP contribution in [0.4, 0.5) is 37.7 Å². The van der Waals surface area contributed by atoms with Gasteiger partial charge in [0, 0.05) is 29.9 Å². The van der Waals surface area contributed by atoms with Gasteiger partial charge in [0.05, 0.1) is 36.0 Å². The molecule has 0 saturated carbocycles. The van der Waals surface area contributed by atoms with E-state index in [2.05, 4.69) is 27.9 Å². The molecule has 1 aliphatic heterocycles. The molecule has 1 atom stereocenters. The number of benzene rings is 2. The molecule has 19 heteroatoms. The molecule has 1 aliphatic rings. The average Bonchev–Trinajstić information content (AvgIpc) is 3.08. The van der Waals surface area contributed by atoms with Gasteiger partial charge in [-0.1, -0.05) is 25.5 Å². The minimum absolute atomic E-state index is 0.0230. The summed E-state index contributed by atoms with van der Waals surface area (Å²) in [6, 6.07) is 9.41. The predicted molar refractivity (Wildman–Crippen MR) is 177 cm³/mol. The number of fused-ring (bicyclic) bond motifs is 1. The van der Waals surface area contributed by atoms with Crippen molar-refractivity contribution in [2.45, 2.75) is 71.4 Å². The summed E-state index contributed by atoms with van der Waals surface area (Å²) in [6.07, 6.45) is -4.94. The largest absolute Gasteiger partial charge is 0.490 e. The van der Waals surface area contributed by atoms with E-state index in [1.165, 1.54) is 6.20 Å². The molecule has 52 heavy (non-hydrogen) atoms. The van der Waals surface area contributed by atoms with Gasteiger partial charge in [-0.15, -0.1) is 0 Å². The first-order valence-corrected chi connectivity index (χ1v) is 15.9. The highest BCUT2D eigenvalue weighted by Crippen LogP contribution is 2.38. The molecule has 0 bridgehead atoms. The fourth-order valence-electron chi connectivity index (χ4n) is 4.91. The minimum atomic E-state index is -5.08. The molecule has 3 aromatic rings. The molecular formula is C33H39F6N5O8. The number of carboxylic acid groups (broad SMARTS) is 2. The van der Waals surface area contributed by atoms with E-state index in [1.54, 1.807) is 0 Å². The summed E-state index contributed by atoms with van der Waals surface area (Å²) in [5, 5.41) is 24.8. The molecule has 0 aliphatic carbocycles. The zero-order valence-corrected chi connectivity index (χ0v) is 28.3. The number of carbonyl (C=O) groups excluding carboxylic acids is 2. The number of carboxylic acids is 2. The lowest BCUT2D eigenvalue weighted by molar-refractivity contribution is -0.193. The fraction of sp³-hybridized carbons (Fsp3) is 0.424. The Bertz CT molecular complexity index is 1690. The van der Waals surface area contributed by atoms with Gasteiger partial charge in [-0.25, -0.2) is 9.59 Å². The SMILES string of the molecule is CCOc1cc2ncc(C(N)=O)c(Nc3cccc(CNC(=O)[C@H]4CCCCN4)c3CC)c2cc1OCC.O=C(O)C(F)(F)F.O=C(O)C(F)(F)F. The zero-order chi connectivity index (χ0) is 39.2. The number of pyridine rings is 1. The maximum Gasteiger partial charge on any atom is 0.490 e. The number of ether oxygens (including phenoxy) is 2. The summed E-state index contributed by atoms with van der Waals surface area (Å²) in [4.78, 5) is 47.4. The van der Waals surface area contributed by atoms with Gasteiger partial charge in [-0.3, -0.25) is 14.6 Å². The van der Waals surface area contributed by atoms with Crippen LogP contribution in [-0.4, -0.2) is 77.1 Å². The maximum absolute atomic E-state index is 12.7. The van der Waals surface area contributed by atoms with Crippen LogP contribution in [0.25, 0.3) is 10.9 Å². The number of nitrogens with one attached hydrogen (secondary N) is 3. The Hall–Kier alpha value is -5.33. The third-order valence-electron chi connectivity index (χ3n) is 7.25. The van der Waals surface area contributed by atoms with Gasteiger partial charge >= 0.3 is 24.3 Å². The Morgan fingerprint density at radius 3 is 2.00 bits per heavy atom. The summed E-state index contributed by atoms with van der Waals surface area (Å²) in [5.74, 6) is -4.92. The number of nitrogens with two attached hydrogens (primary N) is 1. The molecule has 0 spiro atoms. The number of aliphatic carboxylic acids is 2. The first-order valence-electron chi connectivity index (χ1n) is 15.9. The van der Waals surface area contributed by atoms with Crippen LogP contribution >= 0.6 is 0 Å². The van der Waals surface area contributed by atoms with Gasteiger partial charge in [-0.2, -0.15) is 26.3 Å². The summed E-state index contributed by atoms with van der Waals surface area (Å²) in [6.45, 7) is 8.11. The number of amides is 2. The van der Waals surface area contributed by atoms with E-state index in [4.69, 9.17) is 35.0 Å². The molecule has 13 nitrogen and oxygen atoms in total. The molecule has 7 N–H and O–H groups in total. The fourth-order valence-corrected chi connectivity index (χ4v) is 4.91. The topological polar surface area (TPSA) is 202 Å². The van der Waals surface area contributed by atoms with Gasteiger partial charge < -0.3 is 41.4 Å². The van der Waals surface area contributed by atoms with Crippen LogP contribution in [-0.2, 0) is 27.3 Å². The number of hydrogen-bond donors (Lipinski definition) is 6. The predicted octanol–water partition coefficient (Wildman–Crippen LogP) is 5.46. The van der Waals surface area contributed by atoms with E-state index < -0.39 is 30.2 Å². The Kier molecular flexibility index (Phi) is 15.9. The molecule has 2 aromatic carbocycles. The number of nitrogens with zero attached hydrogens (tertiary/aromatic N) is 1. The monoisotopic (exact) mass is 747 g/mol. The van der Waals surface area contributed by atoms with Crippen LogP contribution in [0.2, 0.25) is 0 Å². The first kappa shape index (κ1) is 42.8. The van der Waals surface area contributed by atoms with E-state index in [0.29, 0.717) is 47.8 Å². The van der Waals surface area contributed by atoms with Crippen LogP contribution in [0, 0.1) is 0 Å². The number of alkyl halides is 6. The maximum atomic E-state index is 12.7. The highest BCUT2D eigenvalue weighted by atomic mass is 19.4. The van der Waals surface area contributed by atoms with Crippen molar-refractivity contribution in [2.75, 3.05) is 25.1 Å². The highest BCUT2D eigenvalue weighted by molar-refractivity contribution is 6.08. The van der Waals surface area contributed by atoms with Gasteiger partial charge in [0.1, 0.15) is 0 Å². The zero-order valence-electron chi connectivity index (χ0n) is 28.3. The van der Waals surface area contributed by atoms with Gasteiger partial charge in [0.2, 0.25) is 5.91 Å². The molecule has 1 saturated heterocycles. The quantitative estimate of drug-likeness (QED) is 0.136. The van der Waals surface area contributed by atoms with Crippen LogP contribution in [0.1, 0.15) is 61.5 Å². The molecule has 286 valence electrons. The third kappa shape index (κ3) is 12.5. The normalized spacial score (nSPS) is 14.1. The van der Waals surface area contributed by atoms with E-state index in [9.17, 15) is 35.9 Å². The van der Waals surface area contributed by atoms with E-state index >= 15 is 0 Å². The number of primary amides is 1. The van der Waals surface area contributed by atoms with Crippen LogP contribution in [0.5, 0.6) is 11.5 Å². The van der Waals surface area contributed by atoms with Crippen LogP contribution in [0.15, 0.2) is 36.5 Å². The second-order valence-electron chi connectivity index (χ2n) is 10.8. The number of rotatable bonds is 11. The minimum Gasteiger partial charge on any atom is -0.490 e. The lowest BCUT2D eigenvalue weighted by atomic mass is 10.0. The number of piperidine rings is 1. The Morgan fingerprint density at radius 1 is 0.942 bits per heavy atom. The smallest absolute Gasteiger partial charge is 0.490 e. The van der Waals surface area contributed by atoms with E-state index in [1.807, 2.05) is 44.2 Å². The van der Waals surface area contributed by atoms with Crippen molar-refractivity contribution in [2.24, 2.45) is 5.73 Å². The van der Waals surface area contributed by atoms with Gasteiger partial charge in [0.15, 0.2) is 11.5 Å². The highest BCUT2D eigenvalue weighted by Gasteiger charge is 2.39. The van der Waals surface area contributed by atoms with Crippen molar-refractivity contribution in [3.63, 3.8) is 0 Å². The molecule has 2 amide bonds. The van der Waals surface area contributed by atoms with Crippen molar-refractivity contribution in [1.29, 1.82) is 0 Å². The molecule has 1 aromatic heterocycles. The lowest BCUT2D eigenvalue weighted by Crippen LogP contribution is -2.46. The van der Waals surface area contributed by atoms with E-state index in [-0.39, 0.29) is 17.5 Å². The first-order chi connectivity index (χ1) is 24.3. The van der Waals surface area contributed by atoms with Crippen molar-refractivity contribution in [1.82, 2.24) is 15.6 Å². The summed E-state index contributed by atoms with van der Waals surface area (Å²) < 4.78 is 75.1. The Balaban J connectivity index is 0.000000564. The van der Waals surface area contributed by atoms with Crippen molar-refractivity contribution >= 4 is 46.0 Å². The number of carbonyl (C=O) groups is 4. The number of halogens is 6. The van der Waals surface area contributed by atoms with Gasteiger partial charge in [-0.05, 0) is 62.9 Å². The summed E-state index contributed by atoms with van der Waals surface area (Å²) in [5.41, 5.74) is 10.1. The summed E-state index contributed by atoms with van der Waals surface area (Å²) in [7, 11) is 0. The molecule has 0 unspecified atom stereocenters. The van der Waals surface area contributed by atoms with Crippen molar-refractivity contribution in [3.05, 3.63) is 53.2 Å². The second-order valence-corrected chi connectivity index (χ2v) is 10.8. The molecule has 0 radical (unpaired) electrons. The van der Waals surface area contributed by atoms with Crippen molar-refractivity contribution < 1.29 is 65.2 Å². The van der Waals surface area contributed by atoms with Crippen molar-refractivity contribution in [3.8, 4) is 11.5 Å². The average molecular weight is 748 g/mol. The van der Waals surface area contributed by atoms with E-state index in [0.717, 1.165) is 49.0 Å². The molecule has 1 fully saturated rings. The van der Waals surface area contributed by atoms with Gasteiger partial charge in [0.25, 0.3) is 5.91 Å². The number of aromatic nitrogens is 1. The lowest BCUT2D eigenvalue weighted by Gasteiger charge is -2.23. The number of anilines is 2. The second kappa shape index (κ2) is 19.3.